The van der Waals surface area contributed by atoms with Gasteiger partial charge < -0.3 is 15.2 Å². The maximum atomic E-state index is 13.4. The van der Waals surface area contributed by atoms with Crippen molar-refractivity contribution < 1.29 is 14.2 Å². The highest BCUT2D eigenvalue weighted by Gasteiger charge is 2.25. The van der Waals surface area contributed by atoms with Gasteiger partial charge >= 0.3 is 0 Å². The van der Waals surface area contributed by atoms with Crippen LogP contribution in [0, 0.1) is 11.2 Å². The summed E-state index contributed by atoms with van der Waals surface area (Å²) in [4.78, 5) is 0. The van der Waals surface area contributed by atoms with Crippen LogP contribution in [0.2, 0.25) is 0 Å². The summed E-state index contributed by atoms with van der Waals surface area (Å²) in [5, 5.41) is 13.3. The van der Waals surface area contributed by atoms with Gasteiger partial charge in [0.15, 0.2) is 0 Å². The summed E-state index contributed by atoms with van der Waals surface area (Å²) < 4.78 is 18.8. The lowest BCUT2D eigenvalue weighted by atomic mass is 9.82. The topological polar surface area (TPSA) is 41.5 Å². The van der Waals surface area contributed by atoms with Crippen molar-refractivity contribution in [2.75, 3.05) is 13.2 Å². The lowest BCUT2D eigenvalue weighted by Crippen LogP contribution is -2.46. The van der Waals surface area contributed by atoms with Gasteiger partial charge in [0.25, 0.3) is 0 Å². The van der Waals surface area contributed by atoms with Crippen LogP contribution in [-0.2, 0) is 11.3 Å². The molecule has 2 N–H and O–H groups in total. The molecule has 0 saturated carbocycles. The first-order chi connectivity index (χ1) is 10.1. The van der Waals surface area contributed by atoms with Crippen molar-refractivity contribution in [3.63, 3.8) is 0 Å². The van der Waals surface area contributed by atoms with E-state index < -0.39 is 6.10 Å². The van der Waals surface area contributed by atoms with Crippen molar-refractivity contribution in [1.29, 1.82) is 0 Å². The van der Waals surface area contributed by atoms with Crippen LogP contribution in [0.25, 0.3) is 0 Å². The first-order valence-electron chi connectivity index (χ1n) is 7.83. The van der Waals surface area contributed by atoms with Crippen molar-refractivity contribution in [2.24, 2.45) is 5.41 Å². The molecule has 0 amide bonds. The van der Waals surface area contributed by atoms with Crippen molar-refractivity contribution in [3.05, 3.63) is 35.6 Å². The Kier molecular flexibility index (Phi) is 6.98. The molecule has 3 nitrogen and oxygen atoms in total. The molecule has 0 heterocycles. The number of rotatable bonds is 8. The van der Waals surface area contributed by atoms with Crippen molar-refractivity contribution >= 4 is 0 Å². The number of aliphatic hydroxyl groups excluding tert-OH is 1. The van der Waals surface area contributed by atoms with E-state index in [0.717, 1.165) is 6.42 Å². The molecule has 1 rings (SSSR count). The minimum absolute atomic E-state index is 0.0508. The Labute approximate surface area is 133 Å². The molecule has 0 fully saturated rings. The smallest absolute Gasteiger partial charge is 0.128 e. The second-order valence-corrected chi connectivity index (χ2v) is 7.76. The van der Waals surface area contributed by atoms with Gasteiger partial charge in [-0.15, -0.1) is 0 Å². The molecular weight excluding hydrogens is 281 g/mol. The van der Waals surface area contributed by atoms with Crippen LogP contribution in [0.5, 0.6) is 0 Å². The Hall–Kier alpha value is -0.970. The molecule has 0 bridgehead atoms. The number of nitrogens with one attached hydrogen (secondary N) is 1. The average molecular weight is 311 g/mol. The summed E-state index contributed by atoms with van der Waals surface area (Å²) in [6, 6.07) is 6.52. The number of hydrogen-bond acceptors (Lipinski definition) is 3. The summed E-state index contributed by atoms with van der Waals surface area (Å²) in [5.41, 5.74) is 0.684. The van der Waals surface area contributed by atoms with Crippen LogP contribution in [-0.4, -0.2) is 29.9 Å². The van der Waals surface area contributed by atoms with E-state index in [-0.39, 0.29) is 30.0 Å². The maximum Gasteiger partial charge on any atom is 0.128 e. The second kappa shape index (κ2) is 8.04. The van der Waals surface area contributed by atoms with Gasteiger partial charge in [-0.3, -0.25) is 0 Å². The number of benzene rings is 1. The van der Waals surface area contributed by atoms with Gasteiger partial charge in [-0.1, -0.05) is 39.0 Å². The number of halogens is 1. The standard InChI is InChI=1S/C18H30FNO2/c1-17(2,3)13-18(4,5)20-10-15(21)12-22-11-14-8-6-7-9-16(14)19/h6-9,15,20-21H,10-13H2,1-5H3/t15-/m1/s1. The lowest BCUT2D eigenvalue weighted by Gasteiger charge is -2.34. The average Bonchev–Trinajstić information content (AvgIpc) is 2.36. The third-order valence-corrected chi connectivity index (χ3v) is 3.31. The van der Waals surface area contributed by atoms with E-state index in [1.54, 1.807) is 18.2 Å². The zero-order chi connectivity index (χ0) is 16.8. The van der Waals surface area contributed by atoms with E-state index in [1.165, 1.54) is 6.07 Å². The Balaban J connectivity index is 2.29. The molecule has 0 unspecified atom stereocenters. The fourth-order valence-electron chi connectivity index (χ4n) is 2.76. The molecule has 1 aromatic carbocycles. The van der Waals surface area contributed by atoms with E-state index in [0.29, 0.717) is 12.1 Å². The Morgan fingerprint density at radius 2 is 1.82 bits per heavy atom. The quantitative estimate of drug-likeness (QED) is 0.772. The maximum absolute atomic E-state index is 13.4. The lowest BCUT2D eigenvalue weighted by molar-refractivity contribution is 0.0235. The van der Waals surface area contributed by atoms with Crippen LogP contribution < -0.4 is 5.32 Å². The third-order valence-electron chi connectivity index (χ3n) is 3.31. The molecule has 4 heteroatoms. The Morgan fingerprint density at radius 3 is 2.41 bits per heavy atom. The van der Waals surface area contributed by atoms with E-state index >= 15 is 0 Å². The predicted molar refractivity (Wildman–Crippen MR) is 88.2 cm³/mol. The normalized spacial score (nSPS) is 14.1. The minimum atomic E-state index is -0.606. The van der Waals surface area contributed by atoms with Gasteiger partial charge in [-0.2, -0.15) is 0 Å². The number of aliphatic hydroxyl groups is 1. The van der Waals surface area contributed by atoms with E-state index in [4.69, 9.17) is 4.74 Å². The van der Waals surface area contributed by atoms with Crippen LogP contribution >= 0.6 is 0 Å². The number of β-amino-alcohol motifs (C(OH)–C–C–N with tert-alkyl or cyclic N) is 1. The first-order valence-corrected chi connectivity index (χ1v) is 7.83. The molecule has 0 aliphatic rings. The first kappa shape index (κ1) is 19.1. The molecule has 0 aliphatic carbocycles. The monoisotopic (exact) mass is 311 g/mol. The van der Waals surface area contributed by atoms with Crippen molar-refractivity contribution in [3.8, 4) is 0 Å². The van der Waals surface area contributed by atoms with Crippen molar-refractivity contribution in [2.45, 2.75) is 59.3 Å². The molecular formula is C18H30FNO2. The van der Waals surface area contributed by atoms with Crippen LogP contribution in [0.1, 0.15) is 46.6 Å². The van der Waals surface area contributed by atoms with Gasteiger partial charge in [0.1, 0.15) is 5.82 Å². The van der Waals surface area contributed by atoms with Gasteiger partial charge in [-0.25, -0.2) is 4.39 Å². The zero-order valence-electron chi connectivity index (χ0n) is 14.4. The molecule has 1 aromatic rings. The van der Waals surface area contributed by atoms with Gasteiger partial charge in [0.2, 0.25) is 0 Å². The highest BCUT2D eigenvalue weighted by Crippen LogP contribution is 2.26. The molecule has 126 valence electrons. The molecule has 0 radical (unpaired) electrons. The summed E-state index contributed by atoms with van der Waals surface area (Å²) in [5.74, 6) is -0.276. The summed E-state index contributed by atoms with van der Waals surface area (Å²) in [7, 11) is 0. The molecule has 1 atom stereocenters. The van der Waals surface area contributed by atoms with Crippen LogP contribution in [0.4, 0.5) is 4.39 Å². The largest absolute Gasteiger partial charge is 0.389 e. The SMILES string of the molecule is CC(C)(C)CC(C)(C)NC[C@@H](O)COCc1ccccc1F. The third kappa shape index (κ3) is 7.87. The fraction of sp³-hybridized carbons (Fsp3) is 0.667. The van der Waals surface area contributed by atoms with Gasteiger partial charge in [0.05, 0.1) is 19.3 Å². The van der Waals surface area contributed by atoms with Crippen LogP contribution in [0.3, 0.4) is 0 Å². The molecule has 0 aromatic heterocycles. The summed E-state index contributed by atoms with van der Waals surface area (Å²) in [6.07, 6.45) is 0.397. The number of ether oxygens (including phenoxy) is 1. The molecule has 0 aliphatic heterocycles. The highest BCUT2D eigenvalue weighted by atomic mass is 19.1. The molecule has 0 spiro atoms. The van der Waals surface area contributed by atoms with Gasteiger partial charge in [0, 0.05) is 17.6 Å². The van der Waals surface area contributed by atoms with E-state index in [9.17, 15) is 9.50 Å². The number of hydrogen-bond donors (Lipinski definition) is 2. The van der Waals surface area contributed by atoms with Crippen LogP contribution in [0.15, 0.2) is 24.3 Å². The van der Waals surface area contributed by atoms with Crippen molar-refractivity contribution in [1.82, 2.24) is 5.32 Å². The highest BCUT2D eigenvalue weighted by molar-refractivity contribution is 5.16. The summed E-state index contributed by atoms with van der Waals surface area (Å²) in [6.45, 7) is 11.7. The minimum Gasteiger partial charge on any atom is -0.389 e. The summed E-state index contributed by atoms with van der Waals surface area (Å²) >= 11 is 0. The zero-order valence-corrected chi connectivity index (χ0v) is 14.4. The van der Waals surface area contributed by atoms with E-state index in [1.807, 2.05) is 0 Å². The Morgan fingerprint density at radius 1 is 1.18 bits per heavy atom. The molecule has 22 heavy (non-hydrogen) atoms. The van der Waals surface area contributed by atoms with E-state index in [2.05, 4.69) is 39.9 Å². The second-order valence-electron chi connectivity index (χ2n) is 7.76. The predicted octanol–water partition coefficient (Wildman–Crippen LogP) is 3.51. The molecule has 0 saturated heterocycles. The fourth-order valence-corrected chi connectivity index (χ4v) is 2.76. The Bertz CT molecular complexity index is 455. The van der Waals surface area contributed by atoms with Gasteiger partial charge in [-0.05, 0) is 31.7 Å².